The van der Waals surface area contributed by atoms with Gasteiger partial charge in [0, 0.05) is 18.2 Å². The van der Waals surface area contributed by atoms with Gasteiger partial charge in [-0.1, -0.05) is 19.8 Å². The molecule has 0 aromatic carbocycles. The maximum Gasteiger partial charge on any atom is 0.254 e. The van der Waals surface area contributed by atoms with Gasteiger partial charge in [0.15, 0.2) is 5.82 Å². The molecule has 1 fully saturated rings. The molecular formula is C14H19FN2O2. The lowest BCUT2D eigenvalue weighted by atomic mass is 9.73. The molecule has 0 bridgehead atoms. The van der Waals surface area contributed by atoms with E-state index in [0.29, 0.717) is 6.54 Å². The number of nitrogens with one attached hydrogen (secondary N) is 1. The number of pyridine rings is 1. The summed E-state index contributed by atoms with van der Waals surface area (Å²) in [6.07, 6.45) is 5.69. The fourth-order valence-corrected chi connectivity index (χ4v) is 2.52. The van der Waals surface area contributed by atoms with Gasteiger partial charge in [0.2, 0.25) is 0 Å². The highest BCUT2D eigenvalue weighted by molar-refractivity contribution is 5.94. The number of aliphatic hydroxyl groups is 1. The third-order valence-corrected chi connectivity index (χ3v) is 3.95. The zero-order valence-corrected chi connectivity index (χ0v) is 11.0. The van der Waals surface area contributed by atoms with E-state index in [-0.39, 0.29) is 11.0 Å². The molecule has 0 saturated heterocycles. The molecule has 1 aliphatic rings. The van der Waals surface area contributed by atoms with Crippen LogP contribution in [0.1, 0.15) is 43.0 Å². The van der Waals surface area contributed by atoms with Crippen molar-refractivity contribution in [2.24, 2.45) is 5.41 Å². The predicted molar refractivity (Wildman–Crippen MR) is 69.1 cm³/mol. The van der Waals surface area contributed by atoms with E-state index in [1.807, 2.05) is 6.92 Å². The summed E-state index contributed by atoms with van der Waals surface area (Å²) < 4.78 is 13.4. The number of carbonyl (C=O) groups excluding carboxylic acids is 1. The number of rotatable bonds is 3. The van der Waals surface area contributed by atoms with Crippen molar-refractivity contribution in [1.29, 1.82) is 0 Å². The molecule has 104 valence electrons. The summed E-state index contributed by atoms with van der Waals surface area (Å²) in [6.45, 7) is 2.31. The quantitative estimate of drug-likeness (QED) is 0.878. The Hall–Kier alpha value is -1.49. The van der Waals surface area contributed by atoms with Gasteiger partial charge >= 0.3 is 0 Å². The van der Waals surface area contributed by atoms with Gasteiger partial charge in [0.25, 0.3) is 5.91 Å². The number of aliphatic hydroxyl groups excluding tert-OH is 1. The smallest absolute Gasteiger partial charge is 0.254 e. The van der Waals surface area contributed by atoms with Crippen LogP contribution in [-0.4, -0.2) is 28.6 Å². The highest BCUT2D eigenvalue weighted by atomic mass is 19.1. The van der Waals surface area contributed by atoms with Gasteiger partial charge in [-0.15, -0.1) is 0 Å². The van der Waals surface area contributed by atoms with Gasteiger partial charge in [0.1, 0.15) is 0 Å². The van der Waals surface area contributed by atoms with Crippen LogP contribution < -0.4 is 5.32 Å². The molecule has 5 heteroatoms. The van der Waals surface area contributed by atoms with E-state index in [9.17, 15) is 14.3 Å². The van der Waals surface area contributed by atoms with E-state index in [1.54, 1.807) is 0 Å². The van der Waals surface area contributed by atoms with Crippen LogP contribution in [-0.2, 0) is 0 Å². The molecule has 4 nitrogen and oxygen atoms in total. The third-order valence-electron chi connectivity index (χ3n) is 3.95. The topological polar surface area (TPSA) is 62.2 Å². The SMILES string of the molecule is C[C@@]1(CNC(=O)c2ccncc2F)CCCC[C@H]1O. The number of nitrogens with zero attached hydrogens (tertiary/aromatic N) is 1. The highest BCUT2D eigenvalue weighted by Gasteiger charge is 2.35. The molecule has 1 amide bonds. The number of carbonyl (C=O) groups is 1. The van der Waals surface area contributed by atoms with Crippen molar-refractivity contribution in [2.75, 3.05) is 6.54 Å². The second-order valence-corrected chi connectivity index (χ2v) is 5.45. The fraction of sp³-hybridized carbons (Fsp3) is 0.571. The molecule has 1 saturated carbocycles. The van der Waals surface area contributed by atoms with Gasteiger partial charge in [-0.25, -0.2) is 4.39 Å². The first-order valence-electron chi connectivity index (χ1n) is 6.59. The highest BCUT2D eigenvalue weighted by Crippen LogP contribution is 2.35. The Kier molecular flexibility index (Phi) is 4.14. The normalized spacial score (nSPS) is 27.0. The standard InChI is InChI=1S/C14H19FN2O2/c1-14(6-3-2-4-12(14)18)9-17-13(19)10-5-7-16-8-11(10)15/h5,7-8,12,18H,2-4,6,9H2,1H3,(H,17,19)/t12-,14+/m1/s1. The molecular weight excluding hydrogens is 247 g/mol. The molecule has 1 aromatic rings. The minimum absolute atomic E-state index is 0.0103. The van der Waals surface area contributed by atoms with Crippen LogP contribution in [0.4, 0.5) is 4.39 Å². The molecule has 0 unspecified atom stereocenters. The molecule has 1 heterocycles. The second kappa shape index (κ2) is 5.65. The minimum atomic E-state index is -0.630. The fourth-order valence-electron chi connectivity index (χ4n) is 2.52. The van der Waals surface area contributed by atoms with Crippen LogP contribution in [0.15, 0.2) is 18.5 Å². The monoisotopic (exact) mass is 266 g/mol. The van der Waals surface area contributed by atoms with Gasteiger partial charge in [-0.2, -0.15) is 0 Å². The molecule has 2 atom stereocenters. The number of aromatic nitrogens is 1. The van der Waals surface area contributed by atoms with Crippen LogP contribution >= 0.6 is 0 Å². The molecule has 0 aliphatic heterocycles. The van der Waals surface area contributed by atoms with E-state index in [0.717, 1.165) is 31.9 Å². The van der Waals surface area contributed by atoms with Gasteiger partial charge in [-0.05, 0) is 18.9 Å². The van der Waals surface area contributed by atoms with E-state index < -0.39 is 17.8 Å². The molecule has 2 N–H and O–H groups in total. The van der Waals surface area contributed by atoms with Crippen molar-refractivity contribution >= 4 is 5.91 Å². The van der Waals surface area contributed by atoms with Gasteiger partial charge < -0.3 is 10.4 Å². The molecule has 2 rings (SSSR count). The van der Waals surface area contributed by atoms with Crippen LogP contribution in [0, 0.1) is 11.2 Å². The predicted octanol–water partition coefficient (Wildman–Crippen LogP) is 1.89. The number of hydrogen-bond acceptors (Lipinski definition) is 3. The Morgan fingerprint density at radius 1 is 1.63 bits per heavy atom. The number of amides is 1. The van der Waals surface area contributed by atoms with E-state index in [1.165, 1.54) is 12.3 Å². The lowest BCUT2D eigenvalue weighted by Crippen LogP contribution is -2.45. The zero-order valence-electron chi connectivity index (χ0n) is 11.0. The van der Waals surface area contributed by atoms with E-state index >= 15 is 0 Å². The molecule has 1 aromatic heterocycles. The summed E-state index contributed by atoms with van der Waals surface area (Å²) in [5.41, 5.74) is -0.332. The Balaban J connectivity index is 1.99. The zero-order chi connectivity index (χ0) is 13.9. The number of hydrogen-bond donors (Lipinski definition) is 2. The molecule has 19 heavy (non-hydrogen) atoms. The first-order valence-corrected chi connectivity index (χ1v) is 6.59. The maximum absolute atomic E-state index is 13.4. The minimum Gasteiger partial charge on any atom is -0.392 e. The van der Waals surface area contributed by atoms with Crippen LogP contribution in [0.3, 0.4) is 0 Å². The van der Waals surface area contributed by atoms with E-state index in [2.05, 4.69) is 10.3 Å². The molecule has 1 aliphatic carbocycles. The second-order valence-electron chi connectivity index (χ2n) is 5.45. The largest absolute Gasteiger partial charge is 0.392 e. The maximum atomic E-state index is 13.4. The third kappa shape index (κ3) is 3.10. The Morgan fingerprint density at radius 2 is 2.42 bits per heavy atom. The summed E-state index contributed by atoms with van der Waals surface area (Å²) in [4.78, 5) is 15.5. The van der Waals surface area contributed by atoms with Gasteiger partial charge in [-0.3, -0.25) is 9.78 Å². The van der Waals surface area contributed by atoms with Crippen LogP contribution in [0.2, 0.25) is 0 Å². The first kappa shape index (κ1) is 13.9. The van der Waals surface area contributed by atoms with Gasteiger partial charge in [0.05, 0.1) is 17.9 Å². The van der Waals surface area contributed by atoms with Crippen molar-refractivity contribution in [3.8, 4) is 0 Å². The summed E-state index contributed by atoms with van der Waals surface area (Å²) in [7, 11) is 0. The first-order chi connectivity index (χ1) is 9.03. The lowest BCUT2D eigenvalue weighted by Gasteiger charge is -2.38. The summed E-state index contributed by atoms with van der Waals surface area (Å²) in [6, 6.07) is 1.35. The van der Waals surface area contributed by atoms with Crippen LogP contribution in [0.5, 0.6) is 0 Å². The Morgan fingerprint density at radius 3 is 3.11 bits per heavy atom. The van der Waals surface area contributed by atoms with E-state index in [4.69, 9.17) is 0 Å². The van der Waals surface area contributed by atoms with Crippen molar-refractivity contribution in [2.45, 2.75) is 38.7 Å². The van der Waals surface area contributed by atoms with Crippen molar-refractivity contribution in [3.05, 3.63) is 29.8 Å². The molecule has 0 radical (unpaired) electrons. The molecule has 0 spiro atoms. The lowest BCUT2D eigenvalue weighted by molar-refractivity contribution is 0.00188. The van der Waals surface area contributed by atoms with Crippen molar-refractivity contribution in [1.82, 2.24) is 10.3 Å². The van der Waals surface area contributed by atoms with Crippen LogP contribution in [0.25, 0.3) is 0 Å². The van der Waals surface area contributed by atoms with Crippen molar-refractivity contribution < 1.29 is 14.3 Å². The summed E-state index contributed by atoms with van der Waals surface area (Å²) in [5.74, 6) is -1.09. The summed E-state index contributed by atoms with van der Waals surface area (Å²) >= 11 is 0. The Bertz CT molecular complexity index is 467. The summed E-state index contributed by atoms with van der Waals surface area (Å²) in [5, 5.41) is 12.7. The average Bonchev–Trinajstić information content (AvgIpc) is 2.40. The Labute approximate surface area is 112 Å². The van der Waals surface area contributed by atoms with Crippen molar-refractivity contribution in [3.63, 3.8) is 0 Å². The average molecular weight is 266 g/mol. The number of halogens is 1.